The molecule has 0 aliphatic carbocycles. The molecule has 1 N–H and O–H groups in total. The van der Waals surface area contributed by atoms with E-state index in [2.05, 4.69) is 0 Å². The number of carboxylic acid groups (broad SMARTS) is 1. The molecule has 0 amide bonds. The average Bonchev–Trinajstić information content (AvgIpc) is 3.33. The van der Waals surface area contributed by atoms with Crippen molar-refractivity contribution in [2.75, 3.05) is 11.9 Å². The number of aryl methyl sites for hydroxylation is 1. The number of rotatable bonds is 11. The van der Waals surface area contributed by atoms with Crippen LogP contribution in [0.15, 0.2) is 88.2 Å². The number of benzene rings is 3. The summed E-state index contributed by atoms with van der Waals surface area (Å²) in [5.41, 5.74) is 2.61. The second-order valence-electron chi connectivity index (χ2n) is 9.39. The minimum absolute atomic E-state index is 0.354. The van der Waals surface area contributed by atoms with E-state index < -0.39 is 23.8 Å². The van der Waals surface area contributed by atoms with E-state index in [1.807, 2.05) is 67.4 Å². The minimum atomic E-state index is -4.41. The summed E-state index contributed by atoms with van der Waals surface area (Å²) in [5.74, 6) is 1.31. The number of ether oxygens (including phenoxy) is 1. The zero-order valence-corrected chi connectivity index (χ0v) is 23.2. The van der Waals surface area contributed by atoms with Crippen LogP contribution in [-0.4, -0.2) is 24.2 Å². The highest BCUT2D eigenvalue weighted by Crippen LogP contribution is 2.35. The Morgan fingerprint density at radius 2 is 1.75 bits per heavy atom. The summed E-state index contributed by atoms with van der Waals surface area (Å²) in [6.07, 6.45) is -4.96. The molecule has 0 radical (unpaired) electrons. The van der Waals surface area contributed by atoms with Gasteiger partial charge in [0.15, 0.2) is 6.10 Å². The van der Waals surface area contributed by atoms with E-state index >= 15 is 0 Å². The van der Waals surface area contributed by atoms with Gasteiger partial charge < -0.3 is 19.2 Å². The SMILES string of the molecule is CCC(Oc1ccc(SCc2cc(-c3ccc(C(F)(F)F)cc3)oc2CN(C)c2ccccc2)cc1C)C(=O)O. The highest BCUT2D eigenvalue weighted by Gasteiger charge is 2.30. The Morgan fingerprint density at radius 3 is 2.35 bits per heavy atom. The van der Waals surface area contributed by atoms with Crippen LogP contribution in [0.5, 0.6) is 5.75 Å². The van der Waals surface area contributed by atoms with Crippen LogP contribution in [0, 0.1) is 6.92 Å². The van der Waals surface area contributed by atoms with Gasteiger partial charge >= 0.3 is 12.1 Å². The van der Waals surface area contributed by atoms with Gasteiger partial charge in [-0.05, 0) is 67.4 Å². The lowest BCUT2D eigenvalue weighted by molar-refractivity contribution is -0.145. The molecule has 0 spiro atoms. The van der Waals surface area contributed by atoms with Crippen LogP contribution < -0.4 is 9.64 Å². The second-order valence-corrected chi connectivity index (χ2v) is 10.4. The number of anilines is 1. The molecule has 0 saturated carbocycles. The van der Waals surface area contributed by atoms with Crippen LogP contribution in [0.2, 0.25) is 0 Å². The lowest BCUT2D eigenvalue weighted by Crippen LogP contribution is -2.26. The predicted molar refractivity (Wildman–Crippen MR) is 151 cm³/mol. The van der Waals surface area contributed by atoms with Crippen molar-refractivity contribution in [3.05, 3.63) is 101 Å². The fourth-order valence-corrected chi connectivity index (χ4v) is 5.13. The number of carbonyl (C=O) groups is 1. The maximum Gasteiger partial charge on any atom is 0.416 e. The van der Waals surface area contributed by atoms with Gasteiger partial charge in [0.05, 0.1) is 12.1 Å². The third-order valence-corrected chi connectivity index (χ3v) is 7.47. The molecule has 210 valence electrons. The van der Waals surface area contributed by atoms with Gasteiger partial charge in [-0.2, -0.15) is 13.2 Å². The van der Waals surface area contributed by atoms with E-state index in [1.165, 1.54) is 12.1 Å². The van der Waals surface area contributed by atoms with Crippen LogP contribution in [0.1, 0.15) is 35.8 Å². The third kappa shape index (κ3) is 7.21. The Labute approximate surface area is 235 Å². The molecule has 40 heavy (non-hydrogen) atoms. The Morgan fingerprint density at radius 1 is 1.05 bits per heavy atom. The quantitative estimate of drug-likeness (QED) is 0.183. The summed E-state index contributed by atoms with van der Waals surface area (Å²) < 4.78 is 51.1. The van der Waals surface area contributed by atoms with Crippen molar-refractivity contribution >= 4 is 23.4 Å². The molecule has 4 aromatic rings. The van der Waals surface area contributed by atoms with Crippen molar-refractivity contribution < 1.29 is 32.2 Å². The van der Waals surface area contributed by atoms with Gasteiger partial charge in [-0.3, -0.25) is 0 Å². The van der Waals surface area contributed by atoms with Crippen molar-refractivity contribution in [2.45, 2.75) is 49.7 Å². The number of furan rings is 1. The van der Waals surface area contributed by atoms with Crippen LogP contribution in [0.4, 0.5) is 18.9 Å². The predicted octanol–water partition coefficient (Wildman–Crippen LogP) is 8.44. The first kappa shape index (κ1) is 29.1. The second kappa shape index (κ2) is 12.6. The first-order valence-electron chi connectivity index (χ1n) is 12.7. The number of hydrogen-bond donors (Lipinski definition) is 1. The first-order chi connectivity index (χ1) is 19.0. The van der Waals surface area contributed by atoms with Gasteiger partial charge in [0.2, 0.25) is 0 Å². The molecule has 0 aliphatic rings. The maximum absolute atomic E-state index is 13.1. The number of nitrogens with zero attached hydrogens (tertiary/aromatic N) is 1. The molecule has 0 bridgehead atoms. The van der Waals surface area contributed by atoms with E-state index in [9.17, 15) is 23.1 Å². The topological polar surface area (TPSA) is 62.9 Å². The Balaban J connectivity index is 1.56. The molecule has 1 unspecified atom stereocenters. The van der Waals surface area contributed by atoms with Crippen molar-refractivity contribution in [1.82, 2.24) is 0 Å². The molecule has 3 aromatic carbocycles. The normalized spacial score (nSPS) is 12.2. The number of alkyl halides is 3. The summed E-state index contributed by atoms with van der Waals surface area (Å²) in [6.45, 7) is 4.10. The number of para-hydroxylation sites is 1. The maximum atomic E-state index is 13.1. The van der Waals surface area contributed by atoms with Crippen LogP contribution in [-0.2, 0) is 23.3 Å². The van der Waals surface area contributed by atoms with Gasteiger partial charge in [-0.15, -0.1) is 11.8 Å². The standard InChI is InChI=1S/C31H30F3NO4S/c1-4-26(30(36)37)38-27-15-14-25(16-20(27)2)40-19-22-17-28(21-10-12-23(13-11-21)31(32,33)34)39-29(22)18-35(3)24-8-6-5-7-9-24/h5-17,26H,4,18-19H2,1-3H3,(H,36,37). The van der Waals surface area contributed by atoms with Crippen molar-refractivity contribution in [3.63, 3.8) is 0 Å². The number of thioether (sulfide) groups is 1. The Kier molecular flexibility index (Phi) is 9.14. The summed E-state index contributed by atoms with van der Waals surface area (Å²) in [5, 5.41) is 9.29. The Hall–Kier alpha value is -3.85. The number of halogens is 3. The van der Waals surface area contributed by atoms with E-state index in [4.69, 9.17) is 9.15 Å². The smallest absolute Gasteiger partial charge is 0.416 e. The molecule has 0 saturated heterocycles. The van der Waals surface area contributed by atoms with E-state index in [0.29, 0.717) is 35.8 Å². The monoisotopic (exact) mass is 569 g/mol. The van der Waals surface area contributed by atoms with Gasteiger partial charge in [-0.1, -0.05) is 37.3 Å². The minimum Gasteiger partial charge on any atom is -0.479 e. The molecule has 0 aliphatic heterocycles. The van der Waals surface area contributed by atoms with Crippen molar-refractivity contribution in [2.24, 2.45) is 0 Å². The zero-order chi connectivity index (χ0) is 28.9. The van der Waals surface area contributed by atoms with Crippen molar-refractivity contribution in [3.8, 4) is 17.1 Å². The van der Waals surface area contributed by atoms with Crippen LogP contribution in [0.3, 0.4) is 0 Å². The lowest BCUT2D eigenvalue weighted by Gasteiger charge is -2.18. The van der Waals surface area contributed by atoms with Crippen LogP contribution >= 0.6 is 11.8 Å². The van der Waals surface area contributed by atoms with E-state index in [0.717, 1.165) is 39.6 Å². The zero-order valence-electron chi connectivity index (χ0n) is 22.4. The average molecular weight is 570 g/mol. The van der Waals surface area contributed by atoms with Gasteiger partial charge in [0.25, 0.3) is 0 Å². The lowest BCUT2D eigenvalue weighted by atomic mass is 10.1. The van der Waals surface area contributed by atoms with E-state index in [1.54, 1.807) is 24.8 Å². The van der Waals surface area contributed by atoms with Gasteiger partial charge in [0, 0.05) is 34.5 Å². The van der Waals surface area contributed by atoms with Crippen LogP contribution in [0.25, 0.3) is 11.3 Å². The number of aliphatic carboxylic acids is 1. The summed E-state index contributed by atoms with van der Waals surface area (Å²) in [7, 11) is 1.95. The number of carboxylic acids is 1. The molecule has 1 aromatic heterocycles. The molecule has 1 heterocycles. The highest BCUT2D eigenvalue weighted by molar-refractivity contribution is 7.98. The summed E-state index contributed by atoms with van der Waals surface area (Å²) >= 11 is 1.58. The Bertz CT molecular complexity index is 1440. The largest absolute Gasteiger partial charge is 0.479 e. The van der Waals surface area contributed by atoms with Crippen molar-refractivity contribution in [1.29, 1.82) is 0 Å². The molecule has 4 rings (SSSR count). The van der Waals surface area contributed by atoms with E-state index in [-0.39, 0.29) is 0 Å². The highest BCUT2D eigenvalue weighted by atomic mass is 32.2. The third-order valence-electron chi connectivity index (χ3n) is 6.43. The first-order valence-corrected chi connectivity index (χ1v) is 13.7. The fourth-order valence-electron chi connectivity index (χ4n) is 4.14. The fraction of sp³-hybridized carbons (Fsp3) is 0.258. The number of hydrogen-bond acceptors (Lipinski definition) is 5. The van der Waals surface area contributed by atoms with Gasteiger partial charge in [-0.25, -0.2) is 4.79 Å². The molecule has 9 heteroatoms. The van der Waals surface area contributed by atoms with Gasteiger partial charge in [0.1, 0.15) is 17.3 Å². The molecule has 1 atom stereocenters. The molecular formula is C31H30F3NO4S. The summed E-state index contributed by atoms with van der Waals surface area (Å²) in [4.78, 5) is 14.4. The molecule has 5 nitrogen and oxygen atoms in total. The molecule has 0 fully saturated rings. The molecular weight excluding hydrogens is 539 g/mol. The summed E-state index contributed by atoms with van der Waals surface area (Å²) in [6, 6.07) is 22.3.